The number of nitrogens with zero attached hydrogens (tertiary/aromatic N) is 5. The smallest absolute Gasteiger partial charge is 0.273 e. The van der Waals surface area contributed by atoms with Crippen LogP contribution in [0.15, 0.2) is 42.6 Å². The third-order valence-corrected chi connectivity index (χ3v) is 4.69. The maximum absolute atomic E-state index is 14.4. The number of nitrogens with one attached hydrogen (secondary N) is 2. The van der Waals surface area contributed by atoms with Crippen molar-refractivity contribution < 1.29 is 13.6 Å². The summed E-state index contributed by atoms with van der Waals surface area (Å²) in [7, 11) is 1.49. The van der Waals surface area contributed by atoms with E-state index >= 15 is 0 Å². The summed E-state index contributed by atoms with van der Waals surface area (Å²) >= 11 is 0. The van der Waals surface area contributed by atoms with Crippen molar-refractivity contribution in [2.24, 2.45) is 0 Å². The number of H-pyrrole nitrogens is 1. The van der Waals surface area contributed by atoms with Crippen molar-refractivity contribution in [3.05, 3.63) is 59.8 Å². The van der Waals surface area contributed by atoms with E-state index in [0.717, 1.165) is 5.39 Å². The number of benzene rings is 1. The van der Waals surface area contributed by atoms with Gasteiger partial charge in [0, 0.05) is 18.0 Å². The lowest BCUT2D eigenvalue weighted by Crippen LogP contribution is -2.18. The van der Waals surface area contributed by atoms with E-state index in [1.165, 1.54) is 24.0 Å². The number of aromatic amines is 1. The van der Waals surface area contributed by atoms with Crippen LogP contribution in [-0.4, -0.2) is 49.3 Å². The number of fused-ring (bicyclic) bond motifs is 1. The molecular weight excluding hydrogens is 392 g/mol. The molecule has 0 aliphatic carbocycles. The SMILES string of the molecule is CNC(=O)c1cn(CC(F)CCc2cc3cc(-c4ccccc4F)[nH]c3nn2)nn1. The third kappa shape index (κ3) is 4.17. The van der Waals surface area contributed by atoms with Gasteiger partial charge in [-0.2, -0.15) is 5.10 Å². The number of rotatable bonds is 7. The molecule has 0 aliphatic rings. The zero-order chi connectivity index (χ0) is 21.1. The molecule has 0 fully saturated rings. The topological polar surface area (TPSA) is 101 Å². The molecule has 0 aliphatic heterocycles. The maximum atomic E-state index is 14.4. The first-order valence-corrected chi connectivity index (χ1v) is 9.40. The van der Waals surface area contributed by atoms with E-state index in [4.69, 9.17) is 0 Å². The molecule has 0 saturated carbocycles. The van der Waals surface area contributed by atoms with E-state index in [-0.39, 0.29) is 30.4 Å². The van der Waals surface area contributed by atoms with Gasteiger partial charge in [-0.3, -0.25) is 4.79 Å². The maximum Gasteiger partial charge on any atom is 0.273 e. The Morgan fingerprint density at radius 1 is 1.23 bits per heavy atom. The Kier molecular flexibility index (Phi) is 5.46. The number of halogens is 2. The van der Waals surface area contributed by atoms with Crippen LogP contribution in [0.25, 0.3) is 22.3 Å². The highest BCUT2D eigenvalue weighted by Crippen LogP contribution is 2.25. The van der Waals surface area contributed by atoms with Gasteiger partial charge < -0.3 is 10.3 Å². The van der Waals surface area contributed by atoms with Crippen LogP contribution >= 0.6 is 0 Å². The highest BCUT2D eigenvalue weighted by Gasteiger charge is 2.14. The van der Waals surface area contributed by atoms with Crippen molar-refractivity contribution >= 4 is 16.9 Å². The fourth-order valence-electron chi connectivity index (χ4n) is 3.14. The Labute approximate surface area is 170 Å². The first-order chi connectivity index (χ1) is 14.5. The Bertz CT molecular complexity index is 1190. The predicted octanol–water partition coefficient (Wildman–Crippen LogP) is 2.69. The molecule has 1 aromatic carbocycles. The number of carbonyl (C=O) groups excluding carboxylic acids is 1. The van der Waals surface area contributed by atoms with Gasteiger partial charge in [-0.1, -0.05) is 17.3 Å². The fourth-order valence-corrected chi connectivity index (χ4v) is 3.14. The molecule has 0 spiro atoms. The van der Waals surface area contributed by atoms with E-state index in [1.807, 2.05) is 6.07 Å². The predicted molar refractivity (Wildman–Crippen MR) is 106 cm³/mol. The number of amides is 1. The standard InChI is InChI=1S/C20H19F2N7O/c1-23-20(30)18-11-29(28-26-18)10-13(21)6-7-14-8-12-9-17(24-19(12)27-25-14)15-4-2-3-5-16(15)22/h2-5,8-9,11,13H,6-7,10H2,1H3,(H,23,30)(H,24,27). The van der Waals surface area contributed by atoms with Crippen molar-refractivity contribution in [1.82, 2.24) is 35.5 Å². The van der Waals surface area contributed by atoms with Gasteiger partial charge >= 0.3 is 0 Å². The zero-order valence-corrected chi connectivity index (χ0v) is 16.1. The summed E-state index contributed by atoms with van der Waals surface area (Å²) in [6.07, 6.45) is 0.796. The summed E-state index contributed by atoms with van der Waals surface area (Å²) in [5.74, 6) is -0.702. The first-order valence-electron chi connectivity index (χ1n) is 9.40. The molecule has 3 heterocycles. The highest BCUT2D eigenvalue weighted by atomic mass is 19.1. The van der Waals surface area contributed by atoms with E-state index in [2.05, 4.69) is 30.8 Å². The molecule has 3 aromatic heterocycles. The molecule has 1 atom stereocenters. The monoisotopic (exact) mass is 411 g/mol. The van der Waals surface area contributed by atoms with Gasteiger partial charge in [0.05, 0.1) is 24.1 Å². The third-order valence-electron chi connectivity index (χ3n) is 4.69. The Morgan fingerprint density at radius 3 is 2.87 bits per heavy atom. The quantitative estimate of drug-likeness (QED) is 0.487. The summed E-state index contributed by atoms with van der Waals surface area (Å²) in [4.78, 5) is 14.5. The Balaban J connectivity index is 1.41. The summed E-state index contributed by atoms with van der Waals surface area (Å²) in [6, 6.07) is 10.1. The Morgan fingerprint density at radius 2 is 2.07 bits per heavy atom. The molecule has 10 heteroatoms. The molecular formula is C20H19F2N7O. The Hall–Kier alpha value is -3.69. The van der Waals surface area contributed by atoms with Crippen molar-refractivity contribution in [3.8, 4) is 11.3 Å². The van der Waals surface area contributed by atoms with Crippen molar-refractivity contribution in [2.75, 3.05) is 7.05 Å². The van der Waals surface area contributed by atoms with Crippen LogP contribution in [0.5, 0.6) is 0 Å². The largest absolute Gasteiger partial charge is 0.354 e. The second kappa shape index (κ2) is 8.36. The van der Waals surface area contributed by atoms with Gasteiger partial charge in [-0.15, -0.1) is 10.2 Å². The second-order valence-corrected chi connectivity index (χ2v) is 6.84. The molecule has 30 heavy (non-hydrogen) atoms. The first kappa shape index (κ1) is 19.6. The number of hydrogen-bond acceptors (Lipinski definition) is 5. The number of alkyl halides is 1. The number of aryl methyl sites for hydroxylation is 1. The summed E-state index contributed by atoms with van der Waals surface area (Å²) < 4.78 is 29.7. The van der Waals surface area contributed by atoms with Crippen LogP contribution in [0.4, 0.5) is 8.78 Å². The molecule has 0 radical (unpaired) electrons. The molecule has 4 aromatic rings. The van der Waals surface area contributed by atoms with Crippen LogP contribution in [0.3, 0.4) is 0 Å². The van der Waals surface area contributed by atoms with E-state index < -0.39 is 6.17 Å². The average molecular weight is 411 g/mol. The fraction of sp³-hybridized carbons (Fsp3) is 0.250. The average Bonchev–Trinajstić information content (AvgIpc) is 3.38. The van der Waals surface area contributed by atoms with E-state index in [1.54, 1.807) is 24.3 Å². The molecule has 154 valence electrons. The van der Waals surface area contributed by atoms with Crippen LogP contribution in [0.2, 0.25) is 0 Å². The minimum Gasteiger partial charge on any atom is -0.354 e. The van der Waals surface area contributed by atoms with Crippen LogP contribution in [-0.2, 0) is 13.0 Å². The van der Waals surface area contributed by atoms with Crippen LogP contribution in [0, 0.1) is 5.82 Å². The van der Waals surface area contributed by atoms with Crippen molar-refractivity contribution in [1.29, 1.82) is 0 Å². The molecule has 1 amide bonds. The van der Waals surface area contributed by atoms with Crippen molar-refractivity contribution in [2.45, 2.75) is 25.6 Å². The lowest BCUT2D eigenvalue weighted by Gasteiger charge is -2.07. The van der Waals surface area contributed by atoms with Crippen molar-refractivity contribution in [3.63, 3.8) is 0 Å². The van der Waals surface area contributed by atoms with E-state index in [9.17, 15) is 13.6 Å². The molecule has 0 saturated heterocycles. The van der Waals surface area contributed by atoms with E-state index in [0.29, 0.717) is 29.0 Å². The van der Waals surface area contributed by atoms with Gasteiger partial charge in [0.2, 0.25) is 0 Å². The van der Waals surface area contributed by atoms with Gasteiger partial charge in [-0.05, 0) is 37.1 Å². The van der Waals surface area contributed by atoms with Gasteiger partial charge in [-0.25, -0.2) is 13.5 Å². The van der Waals surface area contributed by atoms with Crippen LogP contribution in [0.1, 0.15) is 22.6 Å². The molecule has 4 rings (SSSR count). The van der Waals surface area contributed by atoms with Gasteiger partial charge in [0.25, 0.3) is 5.91 Å². The lowest BCUT2D eigenvalue weighted by molar-refractivity contribution is 0.0958. The zero-order valence-electron chi connectivity index (χ0n) is 16.1. The molecule has 1 unspecified atom stereocenters. The molecule has 2 N–H and O–H groups in total. The highest BCUT2D eigenvalue weighted by molar-refractivity contribution is 5.91. The number of hydrogen-bond donors (Lipinski definition) is 2. The summed E-state index contributed by atoms with van der Waals surface area (Å²) in [5, 5.41) is 18.9. The second-order valence-electron chi connectivity index (χ2n) is 6.84. The van der Waals surface area contributed by atoms with Gasteiger partial charge in [0.15, 0.2) is 11.3 Å². The minimum atomic E-state index is -1.19. The lowest BCUT2D eigenvalue weighted by atomic mass is 10.1. The molecule has 8 nitrogen and oxygen atoms in total. The molecule has 0 bridgehead atoms. The normalized spacial score (nSPS) is 12.2. The van der Waals surface area contributed by atoms with Gasteiger partial charge in [0.1, 0.15) is 12.0 Å². The summed E-state index contributed by atoms with van der Waals surface area (Å²) in [6.45, 7) is -0.0126. The minimum absolute atomic E-state index is 0.0126. The number of aromatic nitrogens is 6. The van der Waals surface area contributed by atoms with Crippen LogP contribution < -0.4 is 5.32 Å². The summed E-state index contributed by atoms with van der Waals surface area (Å²) in [5.41, 5.74) is 2.37. The number of carbonyl (C=O) groups is 1.